The number of nitrogens with zero attached hydrogens (tertiary/aromatic N) is 1. The van der Waals surface area contributed by atoms with Crippen molar-refractivity contribution < 1.29 is 19.4 Å². The van der Waals surface area contributed by atoms with E-state index in [-0.39, 0.29) is 11.3 Å². The van der Waals surface area contributed by atoms with Crippen molar-refractivity contribution in [3.63, 3.8) is 0 Å². The normalized spacial score (nSPS) is 17.2. The number of hydrogen-bond acceptors (Lipinski definition) is 4. The van der Waals surface area contributed by atoms with Crippen LogP contribution in [0.25, 0.3) is 16.7 Å². The first-order valence-corrected chi connectivity index (χ1v) is 12.1. The molecule has 0 saturated carbocycles. The molecule has 0 unspecified atom stereocenters. The first kappa shape index (κ1) is 23.4. The zero-order valence-corrected chi connectivity index (χ0v) is 20.3. The van der Waals surface area contributed by atoms with E-state index in [4.69, 9.17) is 4.74 Å². The van der Waals surface area contributed by atoms with Gasteiger partial charge in [0.25, 0.3) is 11.7 Å². The number of rotatable bonds is 7. The molecule has 6 nitrogen and oxygen atoms in total. The lowest BCUT2D eigenvalue weighted by Gasteiger charge is -2.25. The number of ketones is 1. The van der Waals surface area contributed by atoms with E-state index in [1.807, 2.05) is 54.7 Å². The summed E-state index contributed by atoms with van der Waals surface area (Å²) in [4.78, 5) is 31.4. The second-order valence-corrected chi connectivity index (χ2v) is 8.93. The number of aliphatic hydroxyl groups is 1. The van der Waals surface area contributed by atoms with Crippen LogP contribution in [0.3, 0.4) is 0 Å². The first-order valence-electron chi connectivity index (χ1n) is 12.1. The van der Waals surface area contributed by atoms with Gasteiger partial charge in [-0.1, -0.05) is 49.4 Å². The summed E-state index contributed by atoms with van der Waals surface area (Å²) >= 11 is 0. The summed E-state index contributed by atoms with van der Waals surface area (Å²) in [5.74, 6) is -0.825. The predicted molar refractivity (Wildman–Crippen MR) is 140 cm³/mol. The van der Waals surface area contributed by atoms with Gasteiger partial charge >= 0.3 is 0 Å². The lowest BCUT2D eigenvalue weighted by Crippen LogP contribution is -2.31. The Morgan fingerprint density at radius 1 is 1.00 bits per heavy atom. The van der Waals surface area contributed by atoms with Crippen molar-refractivity contribution in [3.8, 4) is 5.75 Å². The summed E-state index contributed by atoms with van der Waals surface area (Å²) < 4.78 is 5.21. The number of aryl methyl sites for hydroxylation is 1. The number of benzene rings is 3. The fourth-order valence-corrected chi connectivity index (χ4v) is 4.88. The molecule has 1 atom stereocenters. The number of aliphatic hydroxyl groups excluding tert-OH is 1. The Hall–Kier alpha value is -4.32. The molecule has 1 aliphatic heterocycles. The average Bonchev–Trinajstić information content (AvgIpc) is 3.45. The number of likely N-dealkylation sites (tertiary alicyclic amines) is 1. The molecule has 1 saturated heterocycles. The van der Waals surface area contributed by atoms with Gasteiger partial charge in [0, 0.05) is 29.2 Å². The minimum Gasteiger partial charge on any atom is -0.507 e. The number of carbonyl (C=O) groups is 2. The van der Waals surface area contributed by atoms with Crippen molar-refractivity contribution in [2.45, 2.75) is 25.8 Å². The SMILES string of the molecule is CCc1ccc([C@@H]2C(=C(O)c3ccc(OC)cc3)C(=O)C(=O)N2CCc2c[nH]c3ccccc23)cc1. The molecule has 3 aromatic carbocycles. The largest absolute Gasteiger partial charge is 0.507 e. The molecule has 2 heterocycles. The van der Waals surface area contributed by atoms with E-state index in [0.29, 0.717) is 24.3 Å². The highest BCUT2D eigenvalue weighted by atomic mass is 16.5. The van der Waals surface area contributed by atoms with Crippen molar-refractivity contribution in [1.82, 2.24) is 9.88 Å². The minimum atomic E-state index is -0.678. The first-order chi connectivity index (χ1) is 17.5. The summed E-state index contributed by atoms with van der Waals surface area (Å²) in [6, 6.07) is 22.0. The number of nitrogens with one attached hydrogen (secondary N) is 1. The van der Waals surface area contributed by atoms with E-state index in [2.05, 4.69) is 11.9 Å². The fourth-order valence-electron chi connectivity index (χ4n) is 4.88. The molecule has 1 aromatic heterocycles. The van der Waals surface area contributed by atoms with Gasteiger partial charge in [0.15, 0.2) is 0 Å². The van der Waals surface area contributed by atoms with Crippen LogP contribution in [0.5, 0.6) is 5.75 Å². The fraction of sp³-hybridized carbons (Fsp3) is 0.200. The van der Waals surface area contributed by atoms with E-state index in [1.165, 1.54) is 0 Å². The highest BCUT2D eigenvalue weighted by molar-refractivity contribution is 6.46. The van der Waals surface area contributed by atoms with Crippen molar-refractivity contribution >= 4 is 28.4 Å². The van der Waals surface area contributed by atoms with E-state index >= 15 is 0 Å². The third-order valence-electron chi connectivity index (χ3n) is 6.90. The van der Waals surface area contributed by atoms with Gasteiger partial charge in [-0.15, -0.1) is 0 Å². The highest BCUT2D eigenvalue weighted by Gasteiger charge is 2.45. The van der Waals surface area contributed by atoms with Crippen molar-refractivity contribution in [2.75, 3.05) is 13.7 Å². The van der Waals surface area contributed by atoms with Crippen LogP contribution >= 0.6 is 0 Å². The Balaban J connectivity index is 1.55. The van der Waals surface area contributed by atoms with Gasteiger partial charge in [-0.05, 0) is 59.9 Å². The number of aromatic amines is 1. The lowest BCUT2D eigenvalue weighted by atomic mass is 9.94. The molecule has 182 valence electrons. The molecule has 0 spiro atoms. The second-order valence-electron chi connectivity index (χ2n) is 8.93. The molecule has 6 heteroatoms. The Morgan fingerprint density at radius 2 is 1.72 bits per heavy atom. The van der Waals surface area contributed by atoms with E-state index in [9.17, 15) is 14.7 Å². The monoisotopic (exact) mass is 480 g/mol. The number of Topliss-reactive ketones (excluding diaryl/α,β-unsaturated/α-hetero) is 1. The van der Waals surface area contributed by atoms with Crippen molar-refractivity contribution in [2.24, 2.45) is 0 Å². The molecule has 4 aromatic rings. The minimum absolute atomic E-state index is 0.105. The van der Waals surface area contributed by atoms with Crippen LogP contribution in [0.1, 0.15) is 35.2 Å². The Labute approximate surface area is 209 Å². The maximum atomic E-state index is 13.3. The number of carbonyl (C=O) groups excluding carboxylic acids is 2. The summed E-state index contributed by atoms with van der Waals surface area (Å²) in [7, 11) is 1.56. The zero-order valence-electron chi connectivity index (χ0n) is 20.3. The Kier molecular flexibility index (Phi) is 6.34. The standard InChI is InChI=1S/C30H28N2O4/c1-3-19-8-10-20(11-9-19)27-26(28(33)21-12-14-23(36-2)15-13-21)29(34)30(35)32(27)17-16-22-18-31-25-7-5-4-6-24(22)25/h4-15,18,27,31,33H,3,16-17H2,1-2H3/t27-/m1/s1. The molecule has 1 aliphatic rings. The summed E-state index contributed by atoms with van der Waals surface area (Å²) in [6.45, 7) is 2.41. The van der Waals surface area contributed by atoms with Crippen LogP contribution in [0, 0.1) is 0 Å². The van der Waals surface area contributed by atoms with E-state index in [1.54, 1.807) is 36.3 Å². The lowest BCUT2D eigenvalue weighted by molar-refractivity contribution is -0.139. The molecule has 36 heavy (non-hydrogen) atoms. The molecule has 0 radical (unpaired) electrons. The van der Waals surface area contributed by atoms with Crippen LogP contribution < -0.4 is 4.74 Å². The zero-order chi connectivity index (χ0) is 25.2. The number of aromatic nitrogens is 1. The predicted octanol–water partition coefficient (Wildman–Crippen LogP) is 5.40. The van der Waals surface area contributed by atoms with Gasteiger partial charge in [0.2, 0.25) is 0 Å². The van der Waals surface area contributed by atoms with Crippen molar-refractivity contribution in [3.05, 3.63) is 107 Å². The van der Waals surface area contributed by atoms with Gasteiger partial charge in [-0.3, -0.25) is 9.59 Å². The third kappa shape index (κ3) is 4.15. The second kappa shape index (κ2) is 9.74. The average molecular weight is 481 g/mol. The molecule has 5 rings (SSSR count). The molecular weight excluding hydrogens is 452 g/mol. The number of para-hydroxylation sites is 1. The molecule has 0 bridgehead atoms. The number of fused-ring (bicyclic) bond motifs is 1. The van der Waals surface area contributed by atoms with Crippen LogP contribution in [-0.4, -0.2) is 40.3 Å². The topological polar surface area (TPSA) is 82.6 Å². The summed E-state index contributed by atoms with van der Waals surface area (Å²) in [5.41, 5.74) is 4.61. The van der Waals surface area contributed by atoms with Crippen LogP contribution in [0.2, 0.25) is 0 Å². The molecule has 1 fully saturated rings. The number of hydrogen-bond donors (Lipinski definition) is 2. The smallest absolute Gasteiger partial charge is 0.295 e. The van der Waals surface area contributed by atoms with Gasteiger partial charge in [0.05, 0.1) is 18.7 Å². The number of H-pyrrole nitrogens is 1. The quantitative estimate of drug-likeness (QED) is 0.211. The third-order valence-corrected chi connectivity index (χ3v) is 6.90. The number of methoxy groups -OCH3 is 1. The van der Waals surface area contributed by atoms with Gasteiger partial charge in [-0.2, -0.15) is 0 Å². The van der Waals surface area contributed by atoms with Gasteiger partial charge < -0.3 is 19.7 Å². The van der Waals surface area contributed by atoms with Crippen molar-refractivity contribution in [1.29, 1.82) is 0 Å². The molecular formula is C30H28N2O4. The maximum Gasteiger partial charge on any atom is 0.295 e. The summed E-state index contributed by atoms with van der Waals surface area (Å²) in [6.07, 6.45) is 3.40. The number of amides is 1. The highest BCUT2D eigenvalue weighted by Crippen LogP contribution is 2.40. The van der Waals surface area contributed by atoms with Crippen LogP contribution in [0.15, 0.2) is 84.6 Å². The van der Waals surface area contributed by atoms with E-state index in [0.717, 1.165) is 34.0 Å². The van der Waals surface area contributed by atoms with E-state index < -0.39 is 17.7 Å². The summed E-state index contributed by atoms with van der Waals surface area (Å²) in [5, 5.41) is 12.3. The van der Waals surface area contributed by atoms with Gasteiger partial charge in [-0.25, -0.2) is 0 Å². The molecule has 1 amide bonds. The van der Waals surface area contributed by atoms with Crippen LogP contribution in [0.4, 0.5) is 0 Å². The number of ether oxygens (including phenoxy) is 1. The maximum absolute atomic E-state index is 13.3. The molecule has 2 N–H and O–H groups in total. The Morgan fingerprint density at radius 3 is 2.42 bits per heavy atom. The van der Waals surface area contributed by atoms with Gasteiger partial charge in [0.1, 0.15) is 11.5 Å². The Bertz CT molecular complexity index is 1450. The molecule has 0 aliphatic carbocycles. The van der Waals surface area contributed by atoms with Crippen LogP contribution in [-0.2, 0) is 22.4 Å².